The van der Waals surface area contributed by atoms with Crippen LogP contribution in [0.5, 0.6) is 17.2 Å². The number of carbonyl (C=O) groups is 3. The maximum atomic E-state index is 12.1. The van der Waals surface area contributed by atoms with Crippen molar-refractivity contribution in [2.24, 2.45) is 5.10 Å². The van der Waals surface area contributed by atoms with Gasteiger partial charge >= 0.3 is 17.8 Å². The van der Waals surface area contributed by atoms with Gasteiger partial charge in [0, 0.05) is 6.07 Å². The van der Waals surface area contributed by atoms with Crippen LogP contribution in [-0.2, 0) is 9.59 Å². The molecule has 164 valence electrons. The molecule has 0 saturated carbocycles. The van der Waals surface area contributed by atoms with E-state index in [0.29, 0.717) is 22.8 Å². The van der Waals surface area contributed by atoms with E-state index in [9.17, 15) is 14.4 Å². The fourth-order valence-electron chi connectivity index (χ4n) is 2.48. The summed E-state index contributed by atoms with van der Waals surface area (Å²) in [6, 6.07) is 14.2. The van der Waals surface area contributed by atoms with Crippen LogP contribution in [0.25, 0.3) is 0 Å². The largest absolute Gasteiger partial charge is 0.497 e. The molecule has 2 N–H and O–H groups in total. The minimum Gasteiger partial charge on any atom is -0.497 e. The lowest BCUT2D eigenvalue weighted by Crippen LogP contribution is -2.32. The Bertz CT molecular complexity index is 1120. The number of anilines is 1. The second-order valence-corrected chi connectivity index (χ2v) is 6.16. The van der Waals surface area contributed by atoms with E-state index in [1.165, 1.54) is 38.8 Å². The van der Waals surface area contributed by atoms with Gasteiger partial charge in [-0.3, -0.25) is 9.59 Å². The van der Waals surface area contributed by atoms with Crippen LogP contribution < -0.4 is 25.0 Å². The number of benzene rings is 2. The van der Waals surface area contributed by atoms with Gasteiger partial charge in [-0.1, -0.05) is 0 Å². The standard InChI is InChI=1S/C22H19N3O7/c1-29-16-9-10-18(30-2)17(12-16)24-20(26)21(27)25-23-13-14-5-7-15(8-6-14)32-22(28)19-4-3-11-31-19/h3-13H,1-2H3,(H,24,26)(H,25,27)/b23-13+. The summed E-state index contributed by atoms with van der Waals surface area (Å²) in [5, 5.41) is 6.18. The molecule has 0 saturated heterocycles. The third kappa shape index (κ3) is 5.72. The van der Waals surface area contributed by atoms with E-state index in [0.717, 1.165) is 0 Å². The number of amides is 2. The van der Waals surface area contributed by atoms with Gasteiger partial charge in [-0.05, 0) is 54.1 Å². The number of rotatable bonds is 7. The number of ether oxygens (including phenoxy) is 3. The number of methoxy groups -OCH3 is 2. The first-order valence-electron chi connectivity index (χ1n) is 9.22. The number of nitrogens with one attached hydrogen (secondary N) is 2. The third-order valence-electron chi connectivity index (χ3n) is 4.05. The molecule has 1 aromatic heterocycles. The normalized spacial score (nSPS) is 10.4. The zero-order valence-corrected chi connectivity index (χ0v) is 17.2. The maximum Gasteiger partial charge on any atom is 0.379 e. The predicted octanol–water partition coefficient (Wildman–Crippen LogP) is 2.60. The number of hydrazone groups is 1. The molecule has 0 radical (unpaired) electrons. The summed E-state index contributed by atoms with van der Waals surface area (Å²) in [6.07, 6.45) is 2.70. The fraction of sp³-hybridized carbons (Fsp3) is 0.0909. The Labute approximate surface area is 182 Å². The number of furan rings is 1. The molecule has 10 nitrogen and oxygen atoms in total. The topological polar surface area (TPSA) is 128 Å². The lowest BCUT2D eigenvalue weighted by Gasteiger charge is -2.11. The average molecular weight is 437 g/mol. The molecular weight excluding hydrogens is 418 g/mol. The van der Waals surface area contributed by atoms with Gasteiger partial charge in [0.25, 0.3) is 0 Å². The van der Waals surface area contributed by atoms with Crippen molar-refractivity contribution in [3.8, 4) is 17.2 Å². The fourth-order valence-corrected chi connectivity index (χ4v) is 2.48. The van der Waals surface area contributed by atoms with Crippen molar-refractivity contribution in [3.05, 3.63) is 72.2 Å². The molecule has 3 aromatic rings. The monoisotopic (exact) mass is 437 g/mol. The molecule has 0 bridgehead atoms. The summed E-state index contributed by atoms with van der Waals surface area (Å²) in [4.78, 5) is 36.0. The van der Waals surface area contributed by atoms with Crippen LogP contribution in [0.1, 0.15) is 16.1 Å². The molecule has 1 heterocycles. The van der Waals surface area contributed by atoms with E-state index in [2.05, 4.69) is 15.8 Å². The number of nitrogens with zero attached hydrogens (tertiary/aromatic N) is 1. The summed E-state index contributed by atoms with van der Waals surface area (Å²) in [5.74, 6) is -1.30. The molecule has 0 atom stereocenters. The highest BCUT2D eigenvalue weighted by molar-refractivity contribution is 6.39. The first-order chi connectivity index (χ1) is 15.5. The second kappa shape index (κ2) is 10.4. The van der Waals surface area contributed by atoms with Crippen molar-refractivity contribution >= 4 is 29.7 Å². The Morgan fingerprint density at radius 1 is 0.938 bits per heavy atom. The Morgan fingerprint density at radius 2 is 1.69 bits per heavy atom. The van der Waals surface area contributed by atoms with Crippen LogP contribution in [0.3, 0.4) is 0 Å². The van der Waals surface area contributed by atoms with Crippen molar-refractivity contribution in [1.29, 1.82) is 0 Å². The van der Waals surface area contributed by atoms with Crippen molar-refractivity contribution in [2.45, 2.75) is 0 Å². The quantitative estimate of drug-likeness (QED) is 0.191. The van der Waals surface area contributed by atoms with E-state index in [4.69, 9.17) is 18.6 Å². The van der Waals surface area contributed by atoms with E-state index in [-0.39, 0.29) is 11.4 Å². The van der Waals surface area contributed by atoms with Crippen LogP contribution in [0.2, 0.25) is 0 Å². The summed E-state index contributed by atoms with van der Waals surface area (Å²) in [6.45, 7) is 0. The molecule has 2 amide bonds. The number of hydrogen-bond acceptors (Lipinski definition) is 8. The Kier molecular flexibility index (Phi) is 7.20. The zero-order chi connectivity index (χ0) is 22.9. The van der Waals surface area contributed by atoms with E-state index in [1.807, 2.05) is 0 Å². The van der Waals surface area contributed by atoms with Crippen molar-refractivity contribution < 1.29 is 33.0 Å². The molecule has 0 aliphatic rings. The van der Waals surface area contributed by atoms with Crippen molar-refractivity contribution in [2.75, 3.05) is 19.5 Å². The summed E-state index contributed by atoms with van der Waals surface area (Å²) in [7, 11) is 2.91. The molecule has 0 aliphatic heterocycles. The molecule has 10 heteroatoms. The van der Waals surface area contributed by atoms with Gasteiger partial charge < -0.3 is 23.9 Å². The van der Waals surface area contributed by atoms with E-state index >= 15 is 0 Å². The first-order valence-corrected chi connectivity index (χ1v) is 9.22. The van der Waals surface area contributed by atoms with Crippen LogP contribution in [0, 0.1) is 0 Å². The van der Waals surface area contributed by atoms with Gasteiger partial charge in [-0.25, -0.2) is 10.2 Å². The van der Waals surface area contributed by atoms with Gasteiger partial charge in [-0.2, -0.15) is 5.10 Å². The molecule has 0 unspecified atom stereocenters. The van der Waals surface area contributed by atoms with Crippen LogP contribution >= 0.6 is 0 Å². The van der Waals surface area contributed by atoms with Gasteiger partial charge in [0.05, 0.1) is 32.4 Å². The van der Waals surface area contributed by atoms with Gasteiger partial charge in [-0.15, -0.1) is 0 Å². The minimum absolute atomic E-state index is 0.0863. The van der Waals surface area contributed by atoms with Crippen molar-refractivity contribution in [3.63, 3.8) is 0 Å². The molecule has 0 fully saturated rings. The summed E-state index contributed by atoms with van der Waals surface area (Å²) < 4.78 is 20.4. The number of esters is 1. The molecule has 32 heavy (non-hydrogen) atoms. The lowest BCUT2D eigenvalue weighted by molar-refractivity contribution is -0.136. The average Bonchev–Trinajstić information content (AvgIpc) is 3.35. The lowest BCUT2D eigenvalue weighted by atomic mass is 10.2. The zero-order valence-electron chi connectivity index (χ0n) is 17.2. The minimum atomic E-state index is -0.977. The van der Waals surface area contributed by atoms with Gasteiger partial charge in [0.1, 0.15) is 17.2 Å². The van der Waals surface area contributed by atoms with Crippen LogP contribution in [0.15, 0.2) is 70.4 Å². The highest BCUT2D eigenvalue weighted by atomic mass is 16.5. The Hall–Kier alpha value is -4.60. The smallest absolute Gasteiger partial charge is 0.379 e. The molecule has 2 aromatic carbocycles. The molecule has 0 aliphatic carbocycles. The highest BCUT2D eigenvalue weighted by Crippen LogP contribution is 2.28. The maximum absolute atomic E-state index is 12.1. The number of hydrogen-bond donors (Lipinski definition) is 2. The van der Waals surface area contributed by atoms with Gasteiger partial charge in [0.15, 0.2) is 0 Å². The Balaban J connectivity index is 1.53. The molecule has 0 spiro atoms. The van der Waals surface area contributed by atoms with E-state index in [1.54, 1.807) is 42.5 Å². The highest BCUT2D eigenvalue weighted by Gasteiger charge is 2.16. The Morgan fingerprint density at radius 3 is 2.34 bits per heavy atom. The summed E-state index contributed by atoms with van der Waals surface area (Å²) in [5.41, 5.74) is 3.00. The third-order valence-corrected chi connectivity index (χ3v) is 4.05. The van der Waals surface area contributed by atoms with Gasteiger partial charge in [0.2, 0.25) is 5.76 Å². The molecule has 3 rings (SSSR count). The van der Waals surface area contributed by atoms with Crippen molar-refractivity contribution in [1.82, 2.24) is 5.43 Å². The summed E-state index contributed by atoms with van der Waals surface area (Å²) >= 11 is 0. The number of carbonyl (C=O) groups excluding carboxylic acids is 3. The van der Waals surface area contributed by atoms with E-state index < -0.39 is 17.8 Å². The second-order valence-electron chi connectivity index (χ2n) is 6.16. The predicted molar refractivity (Wildman–Crippen MR) is 114 cm³/mol. The van der Waals surface area contributed by atoms with Crippen LogP contribution in [0.4, 0.5) is 5.69 Å². The van der Waals surface area contributed by atoms with Crippen LogP contribution in [-0.4, -0.2) is 38.2 Å². The first kappa shape index (κ1) is 22.1. The SMILES string of the molecule is COc1ccc(OC)c(NC(=O)C(=O)N/N=C/c2ccc(OC(=O)c3ccco3)cc2)c1. The molecular formula is C22H19N3O7.